The first-order valence-corrected chi connectivity index (χ1v) is 10.2. The molecule has 0 spiro atoms. The number of methoxy groups -OCH3 is 1. The summed E-state index contributed by atoms with van der Waals surface area (Å²) >= 11 is 6.06. The fourth-order valence-electron chi connectivity index (χ4n) is 3.63. The summed E-state index contributed by atoms with van der Waals surface area (Å²) in [4.78, 5) is 19.1. The molecule has 0 heterocycles. The fraction of sp³-hybridized carbons (Fsp3) is 0.545. The van der Waals surface area contributed by atoms with E-state index >= 15 is 0 Å². The van der Waals surface area contributed by atoms with Gasteiger partial charge < -0.3 is 20.3 Å². The van der Waals surface area contributed by atoms with Crippen LogP contribution < -0.4 is 5.32 Å². The summed E-state index contributed by atoms with van der Waals surface area (Å²) < 4.78 is 5.20. The predicted octanol–water partition coefficient (Wildman–Crippen LogP) is 4.12. The minimum absolute atomic E-state index is 0.280. The number of aliphatic carboxylic acids is 2. The van der Waals surface area contributed by atoms with Crippen molar-refractivity contribution in [2.24, 2.45) is 5.92 Å². The first-order chi connectivity index (χ1) is 13.7. The van der Waals surface area contributed by atoms with Crippen molar-refractivity contribution in [3.63, 3.8) is 0 Å². The van der Waals surface area contributed by atoms with Crippen molar-refractivity contribution in [1.82, 2.24) is 5.32 Å². The summed E-state index contributed by atoms with van der Waals surface area (Å²) in [7, 11) is 1.76. The average Bonchev–Trinajstić information content (AvgIpc) is 2.61. The van der Waals surface area contributed by atoms with Gasteiger partial charge in [-0.1, -0.05) is 44.0 Å². The third-order valence-corrected chi connectivity index (χ3v) is 5.36. The Morgan fingerprint density at radius 2 is 1.72 bits per heavy atom. The van der Waals surface area contributed by atoms with Crippen LogP contribution in [0.2, 0.25) is 5.02 Å². The van der Waals surface area contributed by atoms with E-state index in [0.29, 0.717) is 24.1 Å². The predicted molar refractivity (Wildman–Crippen MR) is 115 cm³/mol. The number of hydrogen-bond donors (Lipinski definition) is 3. The number of halogens is 1. The molecule has 1 aromatic rings. The third-order valence-electron chi connectivity index (χ3n) is 5.10. The second-order valence-electron chi connectivity index (χ2n) is 7.66. The van der Waals surface area contributed by atoms with E-state index in [1.54, 1.807) is 7.11 Å². The Balaban J connectivity index is 0.000000447. The van der Waals surface area contributed by atoms with Crippen molar-refractivity contribution in [2.75, 3.05) is 20.3 Å². The number of rotatable bonds is 10. The molecule has 0 aliphatic heterocycles. The Kier molecular flexibility index (Phi) is 10.9. The fourth-order valence-corrected chi connectivity index (χ4v) is 3.76. The zero-order chi connectivity index (χ0) is 21.9. The lowest BCUT2D eigenvalue weighted by Crippen LogP contribution is -2.54. The lowest BCUT2D eigenvalue weighted by Gasteiger charge is -2.49. The minimum atomic E-state index is -1.26. The van der Waals surface area contributed by atoms with E-state index in [1.807, 2.05) is 12.1 Å². The molecule has 29 heavy (non-hydrogen) atoms. The van der Waals surface area contributed by atoms with E-state index in [0.717, 1.165) is 18.2 Å². The molecule has 1 fully saturated rings. The molecular weight excluding hydrogens is 394 g/mol. The highest BCUT2D eigenvalue weighted by atomic mass is 35.5. The van der Waals surface area contributed by atoms with Crippen molar-refractivity contribution < 1.29 is 24.5 Å². The van der Waals surface area contributed by atoms with Gasteiger partial charge >= 0.3 is 11.9 Å². The molecule has 7 heteroatoms. The highest BCUT2D eigenvalue weighted by Crippen LogP contribution is 2.48. The van der Waals surface area contributed by atoms with Gasteiger partial charge in [0.2, 0.25) is 0 Å². The van der Waals surface area contributed by atoms with Crippen LogP contribution in [0.15, 0.2) is 36.4 Å². The van der Waals surface area contributed by atoms with Gasteiger partial charge in [-0.15, -0.1) is 0 Å². The molecule has 1 atom stereocenters. The van der Waals surface area contributed by atoms with E-state index in [-0.39, 0.29) is 5.41 Å². The molecule has 0 amide bonds. The summed E-state index contributed by atoms with van der Waals surface area (Å²) in [6.07, 6.45) is 6.18. The van der Waals surface area contributed by atoms with Gasteiger partial charge in [0.15, 0.2) is 0 Å². The maximum atomic E-state index is 9.55. The van der Waals surface area contributed by atoms with Crippen molar-refractivity contribution in [3.05, 3.63) is 47.0 Å². The van der Waals surface area contributed by atoms with Crippen molar-refractivity contribution in [2.45, 2.75) is 51.0 Å². The molecule has 0 saturated heterocycles. The lowest BCUT2D eigenvalue weighted by molar-refractivity contribution is -0.134. The standard InChI is InChI=1S/C18H28ClNO.C4H4O4/c1-14(2)13-17(20-11-12-21-3)18(9-4-10-18)15-5-7-16(19)8-6-15;5-3(6)1-2-4(7)8/h5-8,14,17,20H,4,9-13H2,1-3H3;1-2H,(H,5,6)(H,7,8). The number of hydrogen-bond acceptors (Lipinski definition) is 4. The maximum absolute atomic E-state index is 9.55. The number of carboxylic acid groups (broad SMARTS) is 2. The van der Waals surface area contributed by atoms with Crippen LogP contribution in [-0.2, 0) is 19.7 Å². The van der Waals surface area contributed by atoms with Crippen LogP contribution in [0.1, 0.15) is 45.1 Å². The SMILES string of the molecule is COCCNC(CC(C)C)C1(c2ccc(Cl)cc2)CCC1.O=C(O)C=CC(=O)O. The Labute approximate surface area is 177 Å². The van der Waals surface area contributed by atoms with Gasteiger partial charge in [0, 0.05) is 42.3 Å². The summed E-state index contributed by atoms with van der Waals surface area (Å²) in [5, 5.41) is 20.2. The van der Waals surface area contributed by atoms with Crippen LogP contribution in [0.25, 0.3) is 0 Å². The van der Waals surface area contributed by atoms with Gasteiger partial charge in [-0.25, -0.2) is 9.59 Å². The molecule has 2 rings (SSSR count). The maximum Gasteiger partial charge on any atom is 0.328 e. The highest BCUT2D eigenvalue weighted by molar-refractivity contribution is 6.30. The van der Waals surface area contributed by atoms with Crippen molar-refractivity contribution in [1.29, 1.82) is 0 Å². The second-order valence-corrected chi connectivity index (χ2v) is 8.09. The molecule has 0 bridgehead atoms. The average molecular weight is 426 g/mol. The van der Waals surface area contributed by atoms with E-state index in [1.165, 1.54) is 31.2 Å². The van der Waals surface area contributed by atoms with Gasteiger partial charge in [-0.05, 0) is 42.9 Å². The van der Waals surface area contributed by atoms with Crippen LogP contribution in [-0.4, -0.2) is 48.5 Å². The zero-order valence-electron chi connectivity index (χ0n) is 17.4. The number of ether oxygens (including phenoxy) is 1. The first kappa shape index (κ1) is 25.1. The monoisotopic (exact) mass is 425 g/mol. The molecular formula is C22H32ClNO5. The molecule has 6 nitrogen and oxygen atoms in total. The van der Waals surface area contributed by atoms with Gasteiger partial charge in [0.25, 0.3) is 0 Å². The normalized spacial score (nSPS) is 16.0. The number of carbonyl (C=O) groups is 2. The summed E-state index contributed by atoms with van der Waals surface area (Å²) in [6.45, 7) is 6.30. The molecule has 162 valence electrons. The molecule has 0 aromatic heterocycles. The molecule has 1 aromatic carbocycles. The molecule has 1 aliphatic rings. The smallest absolute Gasteiger partial charge is 0.328 e. The Bertz CT molecular complexity index is 652. The molecule has 1 aliphatic carbocycles. The largest absolute Gasteiger partial charge is 0.478 e. The van der Waals surface area contributed by atoms with Gasteiger partial charge in [-0.3, -0.25) is 0 Å². The summed E-state index contributed by atoms with van der Waals surface area (Å²) in [5.74, 6) is -1.82. The molecule has 1 unspecified atom stereocenters. The second kappa shape index (κ2) is 12.6. The van der Waals surface area contributed by atoms with E-state index in [2.05, 4.69) is 31.3 Å². The van der Waals surface area contributed by atoms with E-state index in [9.17, 15) is 9.59 Å². The van der Waals surface area contributed by atoms with Crippen molar-refractivity contribution in [3.8, 4) is 0 Å². The zero-order valence-corrected chi connectivity index (χ0v) is 18.1. The van der Waals surface area contributed by atoms with Gasteiger partial charge in [0.1, 0.15) is 0 Å². The molecule has 3 N–H and O–H groups in total. The summed E-state index contributed by atoms with van der Waals surface area (Å²) in [5.41, 5.74) is 1.72. The van der Waals surface area contributed by atoms with Crippen molar-refractivity contribution >= 4 is 23.5 Å². The van der Waals surface area contributed by atoms with Crippen LogP contribution in [0.3, 0.4) is 0 Å². The first-order valence-electron chi connectivity index (χ1n) is 9.83. The van der Waals surface area contributed by atoms with Gasteiger partial charge in [0.05, 0.1) is 6.61 Å². The summed E-state index contributed by atoms with van der Waals surface area (Å²) in [6, 6.07) is 9.00. The number of carboxylic acids is 2. The van der Waals surface area contributed by atoms with Crippen LogP contribution >= 0.6 is 11.6 Å². The quantitative estimate of drug-likeness (QED) is 0.385. The molecule has 1 saturated carbocycles. The van der Waals surface area contributed by atoms with Crippen LogP contribution in [0, 0.1) is 5.92 Å². The van der Waals surface area contributed by atoms with E-state index < -0.39 is 11.9 Å². The van der Waals surface area contributed by atoms with Crippen LogP contribution in [0.5, 0.6) is 0 Å². The minimum Gasteiger partial charge on any atom is -0.478 e. The third kappa shape index (κ3) is 8.56. The topological polar surface area (TPSA) is 95.9 Å². The van der Waals surface area contributed by atoms with E-state index in [4.69, 9.17) is 26.6 Å². The number of benzene rings is 1. The lowest BCUT2D eigenvalue weighted by atomic mass is 9.59. The van der Waals surface area contributed by atoms with Crippen LogP contribution in [0.4, 0.5) is 0 Å². The Hall–Kier alpha value is -1.89. The molecule has 0 radical (unpaired) electrons. The highest BCUT2D eigenvalue weighted by Gasteiger charge is 2.45. The Morgan fingerprint density at radius 1 is 1.17 bits per heavy atom. The number of nitrogens with one attached hydrogen (secondary N) is 1. The Morgan fingerprint density at radius 3 is 2.10 bits per heavy atom. The van der Waals surface area contributed by atoms with Gasteiger partial charge in [-0.2, -0.15) is 0 Å².